The van der Waals surface area contributed by atoms with Crippen molar-refractivity contribution in [2.24, 2.45) is 0 Å². The first-order valence-electron chi connectivity index (χ1n) is 7.23. The molecule has 0 aromatic heterocycles. The fourth-order valence-electron chi connectivity index (χ4n) is 3.37. The second kappa shape index (κ2) is 5.33. The lowest BCUT2D eigenvalue weighted by molar-refractivity contribution is -0.146. The number of hydrogen-bond donors (Lipinski definition) is 0. The van der Waals surface area contributed by atoms with E-state index in [1.165, 1.54) is 43.9 Å². The Labute approximate surface area is 114 Å². The predicted molar refractivity (Wildman–Crippen MR) is 74.0 cm³/mol. The third-order valence-electron chi connectivity index (χ3n) is 4.37. The Morgan fingerprint density at radius 3 is 2.63 bits per heavy atom. The molecule has 1 unspecified atom stereocenters. The normalized spacial score (nSPS) is 20.3. The van der Waals surface area contributed by atoms with Gasteiger partial charge in [-0.05, 0) is 61.9 Å². The minimum atomic E-state index is -0.210. The lowest BCUT2D eigenvalue weighted by Crippen LogP contribution is -2.32. The van der Waals surface area contributed by atoms with Gasteiger partial charge in [0.05, 0.1) is 7.11 Å². The molecular formula is C16H21NO2. The van der Waals surface area contributed by atoms with E-state index in [2.05, 4.69) is 23.1 Å². The summed E-state index contributed by atoms with van der Waals surface area (Å²) in [5.74, 6) is -0.125. The minimum absolute atomic E-state index is 0.125. The van der Waals surface area contributed by atoms with Crippen molar-refractivity contribution in [2.45, 2.75) is 38.1 Å². The maximum absolute atomic E-state index is 12.1. The highest BCUT2D eigenvalue weighted by molar-refractivity contribution is 5.77. The van der Waals surface area contributed by atoms with Gasteiger partial charge in [-0.25, -0.2) is 4.79 Å². The third kappa shape index (κ3) is 2.39. The average molecular weight is 259 g/mol. The number of aryl methyl sites for hydroxylation is 2. The molecule has 0 radical (unpaired) electrons. The number of ether oxygens (including phenoxy) is 1. The van der Waals surface area contributed by atoms with Crippen molar-refractivity contribution in [3.05, 3.63) is 34.9 Å². The molecule has 2 aliphatic rings. The Balaban J connectivity index is 1.92. The number of rotatable bonds is 3. The van der Waals surface area contributed by atoms with Crippen molar-refractivity contribution < 1.29 is 9.53 Å². The third-order valence-corrected chi connectivity index (χ3v) is 4.37. The number of fused-ring (bicyclic) bond motifs is 1. The van der Waals surface area contributed by atoms with Crippen molar-refractivity contribution in [1.29, 1.82) is 0 Å². The van der Waals surface area contributed by atoms with Crippen molar-refractivity contribution >= 4 is 5.97 Å². The molecule has 1 aromatic carbocycles. The van der Waals surface area contributed by atoms with E-state index in [9.17, 15) is 4.79 Å². The van der Waals surface area contributed by atoms with Crippen LogP contribution in [0.1, 0.15) is 42.0 Å². The van der Waals surface area contributed by atoms with Gasteiger partial charge in [0.15, 0.2) is 0 Å². The summed E-state index contributed by atoms with van der Waals surface area (Å²) < 4.78 is 5.02. The highest BCUT2D eigenvalue weighted by Gasteiger charge is 2.31. The van der Waals surface area contributed by atoms with Gasteiger partial charge in [-0.2, -0.15) is 0 Å². The van der Waals surface area contributed by atoms with E-state index in [1.807, 2.05) is 0 Å². The van der Waals surface area contributed by atoms with E-state index >= 15 is 0 Å². The largest absolute Gasteiger partial charge is 0.468 e. The SMILES string of the molecule is COC(=O)C(c1ccc2c(c1)CCC2)N1CCCC1. The van der Waals surface area contributed by atoms with E-state index in [-0.39, 0.29) is 12.0 Å². The molecule has 1 saturated heterocycles. The van der Waals surface area contributed by atoms with E-state index in [0.717, 1.165) is 25.1 Å². The molecule has 3 rings (SSSR count). The van der Waals surface area contributed by atoms with Crippen molar-refractivity contribution in [1.82, 2.24) is 4.90 Å². The smallest absolute Gasteiger partial charge is 0.327 e. The van der Waals surface area contributed by atoms with E-state index in [1.54, 1.807) is 0 Å². The Bertz CT molecular complexity index is 478. The summed E-state index contributed by atoms with van der Waals surface area (Å²) in [5.41, 5.74) is 3.98. The zero-order valence-electron chi connectivity index (χ0n) is 11.5. The van der Waals surface area contributed by atoms with Crippen LogP contribution in [0.3, 0.4) is 0 Å². The number of esters is 1. The number of hydrogen-bond acceptors (Lipinski definition) is 3. The molecule has 1 aliphatic heterocycles. The van der Waals surface area contributed by atoms with Gasteiger partial charge in [0.25, 0.3) is 0 Å². The monoisotopic (exact) mass is 259 g/mol. The Morgan fingerprint density at radius 1 is 1.16 bits per heavy atom. The maximum Gasteiger partial charge on any atom is 0.327 e. The van der Waals surface area contributed by atoms with Crippen molar-refractivity contribution in [3.8, 4) is 0 Å². The van der Waals surface area contributed by atoms with Crippen LogP contribution >= 0.6 is 0 Å². The van der Waals surface area contributed by atoms with Gasteiger partial charge in [0.2, 0.25) is 0 Å². The number of carbonyl (C=O) groups is 1. The predicted octanol–water partition coefficient (Wildman–Crippen LogP) is 2.49. The fraction of sp³-hybridized carbons (Fsp3) is 0.562. The second-order valence-corrected chi connectivity index (χ2v) is 5.55. The highest BCUT2D eigenvalue weighted by atomic mass is 16.5. The van der Waals surface area contributed by atoms with E-state index in [0.29, 0.717) is 0 Å². The summed E-state index contributed by atoms with van der Waals surface area (Å²) >= 11 is 0. The van der Waals surface area contributed by atoms with Crippen LogP contribution in [0, 0.1) is 0 Å². The zero-order valence-corrected chi connectivity index (χ0v) is 11.5. The summed E-state index contributed by atoms with van der Waals surface area (Å²) in [6, 6.07) is 6.33. The molecule has 3 nitrogen and oxygen atoms in total. The molecule has 1 atom stereocenters. The van der Waals surface area contributed by atoms with Gasteiger partial charge in [0.1, 0.15) is 6.04 Å². The van der Waals surface area contributed by atoms with E-state index in [4.69, 9.17) is 4.74 Å². The van der Waals surface area contributed by atoms with Crippen LogP contribution in [-0.2, 0) is 22.4 Å². The first kappa shape index (κ1) is 12.7. The fourth-order valence-corrected chi connectivity index (χ4v) is 3.37. The summed E-state index contributed by atoms with van der Waals surface area (Å²) in [6.07, 6.45) is 5.93. The molecule has 1 heterocycles. The van der Waals surface area contributed by atoms with Crippen LogP contribution in [0.4, 0.5) is 0 Å². The summed E-state index contributed by atoms with van der Waals surface area (Å²) in [5, 5.41) is 0. The minimum Gasteiger partial charge on any atom is -0.468 e. The lowest BCUT2D eigenvalue weighted by Gasteiger charge is -2.25. The van der Waals surface area contributed by atoms with Crippen molar-refractivity contribution in [3.63, 3.8) is 0 Å². The quantitative estimate of drug-likeness (QED) is 0.781. The van der Waals surface area contributed by atoms with Crippen LogP contribution < -0.4 is 0 Å². The van der Waals surface area contributed by atoms with Gasteiger partial charge < -0.3 is 4.74 Å². The summed E-state index contributed by atoms with van der Waals surface area (Å²) in [7, 11) is 1.48. The molecule has 0 N–H and O–H groups in total. The first-order valence-corrected chi connectivity index (χ1v) is 7.23. The Morgan fingerprint density at radius 2 is 1.89 bits per heavy atom. The molecule has 0 amide bonds. The molecular weight excluding hydrogens is 238 g/mol. The highest BCUT2D eigenvalue weighted by Crippen LogP contribution is 2.30. The molecule has 102 valence electrons. The molecule has 1 fully saturated rings. The maximum atomic E-state index is 12.1. The second-order valence-electron chi connectivity index (χ2n) is 5.55. The molecule has 0 spiro atoms. The van der Waals surface area contributed by atoms with Gasteiger partial charge in [-0.3, -0.25) is 4.90 Å². The number of carbonyl (C=O) groups excluding carboxylic acids is 1. The molecule has 0 saturated carbocycles. The number of nitrogens with zero attached hydrogens (tertiary/aromatic N) is 1. The molecule has 19 heavy (non-hydrogen) atoms. The standard InChI is InChI=1S/C16H21NO2/c1-19-16(18)15(17-9-2-3-10-17)14-8-7-12-5-4-6-13(12)11-14/h7-8,11,15H,2-6,9-10H2,1H3. The van der Waals surface area contributed by atoms with Crippen LogP contribution in [0.5, 0.6) is 0 Å². The van der Waals surface area contributed by atoms with Gasteiger partial charge in [-0.1, -0.05) is 18.2 Å². The van der Waals surface area contributed by atoms with Crippen LogP contribution in [0.15, 0.2) is 18.2 Å². The van der Waals surface area contributed by atoms with Crippen LogP contribution in [0.25, 0.3) is 0 Å². The molecule has 3 heteroatoms. The first-order chi connectivity index (χ1) is 9.29. The molecule has 0 bridgehead atoms. The average Bonchev–Trinajstić information content (AvgIpc) is 3.08. The summed E-state index contributed by atoms with van der Waals surface area (Å²) in [6.45, 7) is 1.99. The van der Waals surface area contributed by atoms with Gasteiger partial charge in [-0.15, -0.1) is 0 Å². The summed E-state index contributed by atoms with van der Waals surface area (Å²) in [4.78, 5) is 14.4. The number of benzene rings is 1. The molecule has 1 aliphatic carbocycles. The van der Waals surface area contributed by atoms with Crippen LogP contribution in [0.2, 0.25) is 0 Å². The topological polar surface area (TPSA) is 29.5 Å². The van der Waals surface area contributed by atoms with Crippen molar-refractivity contribution in [2.75, 3.05) is 20.2 Å². The van der Waals surface area contributed by atoms with Gasteiger partial charge in [0, 0.05) is 0 Å². The molecule has 1 aromatic rings. The Kier molecular flexibility index (Phi) is 3.56. The van der Waals surface area contributed by atoms with Gasteiger partial charge >= 0.3 is 5.97 Å². The Hall–Kier alpha value is -1.35. The van der Waals surface area contributed by atoms with E-state index < -0.39 is 0 Å². The zero-order chi connectivity index (χ0) is 13.2. The lowest BCUT2D eigenvalue weighted by atomic mass is 10.00. The number of likely N-dealkylation sites (tertiary alicyclic amines) is 1. The van der Waals surface area contributed by atoms with Crippen LogP contribution in [-0.4, -0.2) is 31.1 Å². The number of methoxy groups -OCH3 is 1.